The zero-order chi connectivity index (χ0) is 23.6. The van der Waals surface area contributed by atoms with Crippen LogP contribution in [0.25, 0.3) is 0 Å². The number of esters is 2. The highest BCUT2D eigenvalue weighted by atomic mass is 32.2. The summed E-state index contributed by atoms with van der Waals surface area (Å²) in [5, 5.41) is 0. The first-order valence-corrected chi connectivity index (χ1v) is 11.7. The summed E-state index contributed by atoms with van der Waals surface area (Å²) in [5.41, 5.74) is 1.83. The molecule has 0 saturated heterocycles. The first-order valence-electron chi connectivity index (χ1n) is 10.3. The molecule has 2 atom stereocenters. The third kappa shape index (κ3) is 8.28. The summed E-state index contributed by atoms with van der Waals surface area (Å²) in [4.78, 5) is 24.3. The van der Waals surface area contributed by atoms with Gasteiger partial charge in [-0.1, -0.05) is 60.2 Å². The highest BCUT2D eigenvalue weighted by molar-refractivity contribution is 7.89. The van der Waals surface area contributed by atoms with E-state index in [0.717, 1.165) is 11.1 Å². The molecule has 2 rings (SSSR count). The minimum Gasteiger partial charge on any atom is -0.469 e. The van der Waals surface area contributed by atoms with Crippen molar-refractivity contribution in [3.05, 3.63) is 77.9 Å². The summed E-state index contributed by atoms with van der Waals surface area (Å²) in [6, 6.07) is 15.2. The van der Waals surface area contributed by atoms with Gasteiger partial charge in [-0.05, 0) is 38.0 Å². The topological polar surface area (TPSA) is 98.8 Å². The van der Waals surface area contributed by atoms with Gasteiger partial charge in [-0.25, -0.2) is 13.1 Å². The van der Waals surface area contributed by atoms with Gasteiger partial charge in [0.1, 0.15) is 6.61 Å². The van der Waals surface area contributed by atoms with E-state index >= 15 is 0 Å². The maximum absolute atomic E-state index is 12.5. The number of rotatable bonds is 11. The van der Waals surface area contributed by atoms with E-state index in [4.69, 9.17) is 9.47 Å². The van der Waals surface area contributed by atoms with Crippen molar-refractivity contribution in [3.8, 4) is 0 Å². The van der Waals surface area contributed by atoms with Crippen LogP contribution in [0.3, 0.4) is 0 Å². The number of hydrogen-bond acceptors (Lipinski definition) is 6. The van der Waals surface area contributed by atoms with Crippen molar-refractivity contribution in [1.29, 1.82) is 0 Å². The van der Waals surface area contributed by atoms with E-state index in [-0.39, 0.29) is 24.3 Å². The Morgan fingerprint density at radius 3 is 2.31 bits per heavy atom. The van der Waals surface area contributed by atoms with Crippen LogP contribution in [0.2, 0.25) is 0 Å². The number of aryl methyl sites for hydroxylation is 1. The fourth-order valence-electron chi connectivity index (χ4n) is 2.90. The van der Waals surface area contributed by atoms with Crippen LogP contribution in [0, 0.1) is 12.8 Å². The Kier molecular flexibility index (Phi) is 9.61. The fourth-order valence-corrected chi connectivity index (χ4v) is 4.10. The number of sulfonamides is 1. The minimum absolute atomic E-state index is 0.0282. The molecule has 2 aromatic carbocycles. The fraction of sp³-hybridized carbons (Fsp3) is 0.333. The molecular weight excluding hydrogens is 430 g/mol. The number of hydrogen-bond donors (Lipinski definition) is 1. The molecule has 0 saturated carbocycles. The lowest BCUT2D eigenvalue weighted by molar-refractivity contribution is -0.147. The summed E-state index contributed by atoms with van der Waals surface area (Å²) in [7, 11) is -2.44. The number of carbonyl (C=O) groups excluding carboxylic acids is 2. The van der Waals surface area contributed by atoms with Crippen LogP contribution in [0.1, 0.15) is 30.9 Å². The molecular formula is C24H29NO6S. The molecule has 0 amide bonds. The lowest BCUT2D eigenvalue weighted by Gasteiger charge is -2.13. The van der Waals surface area contributed by atoms with Gasteiger partial charge in [0.15, 0.2) is 0 Å². The van der Waals surface area contributed by atoms with Gasteiger partial charge in [0.25, 0.3) is 0 Å². The lowest BCUT2D eigenvalue weighted by atomic mass is 10.0. The third-order valence-electron chi connectivity index (χ3n) is 4.71. The third-order valence-corrected chi connectivity index (χ3v) is 6.29. The Morgan fingerprint density at radius 1 is 1.03 bits per heavy atom. The molecule has 0 unspecified atom stereocenters. The normalized spacial score (nSPS) is 13.5. The van der Waals surface area contributed by atoms with Crippen LogP contribution in [-0.2, 0) is 35.7 Å². The Bertz CT molecular complexity index is 1020. The molecule has 0 aliphatic heterocycles. The van der Waals surface area contributed by atoms with Crippen molar-refractivity contribution in [2.24, 2.45) is 5.92 Å². The maximum atomic E-state index is 12.5. The summed E-state index contributed by atoms with van der Waals surface area (Å²) in [5.74, 6) is -1.63. The molecule has 0 aliphatic rings. The van der Waals surface area contributed by atoms with Crippen molar-refractivity contribution in [2.75, 3.05) is 7.11 Å². The molecule has 172 valence electrons. The zero-order valence-corrected chi connectivity index (χ0v) is 19.3. The Morgan fingerprint density at radius 2 is 1.69 bits per heavy atom. The molecule has 0 spiro atoms. The van der Waals surface area contributed by atoms with E-state index in [2.05, 4.69) is 4.72 Å². The van der Waals surface area contributed by atoms with Crippen molar-refractivity contribution in [2.45, 2.75) is 44.2 Å². The van der Waals surface area contributed by atoms with Gasteiger partial charge in [0, 0.05) is 12.5 Å². The van der Waals surface area contributed by atoms with Gasteiger partial charge >= 0.3 is 11.9 Å². The number of benzene rings is 2. The highest BCUT2D eigenvalue weighted by Gasteiger charge is 2.20. The van der Waals surface area contributed by atoms with Gasteiger partial charge in [-0.15, -0.1) is 0 Å². The second-order valence-electron chi connectivity index (χ2n) is 7.42. The molecule has 0 radical (unpaired) electrons. The van der Waals surface area contributed by atoms with E-state index in [9.17, 15) is 18.0 Å². The molecule has 2 aromatic rings. The van der Waals surface area contributed by atoms with E-state index in [1.807, 2.05) is 37.3 Å². The average molecular weight is 460 g/mol. The van der Waals surface area contributed by atoms with E-state index in [1.54, 1.807) is 31.2 Å². The second kappa shape index (κ2) is 12.2. The lowest BCUT2D eigenvalue weighted by Crippen LogP contribution is -2.31. The molecule has 8 heteroatoms. The van der Waals surface area contributed by atoms with Gasteiger partial charge in [0.2, 0.25) is 10.0 Å². The van der Waals surface area contributed by atoms with Gasteiger partial charge in [0.05, 0.1) is 17.9 Å². The van der Waals surface area contributed by atoms with Crippen molar-refractivity contribution in [1.82, 2.24) is 4.72 Å². The minimum atomic E-state index is -3.70. The molecule has 1 N–H and O–H groups in total. The largest absolute Gasteiger partial charge is 0.469 e. The predicted molar refractivity (Wildman–Crippen MR) is 121 cm³/mol. The van der Waals surface area contributed by atoms with Gasteiger partial charge in [-0.2, -0.15) is 0 Å². The van der Waals surface area contributed by atoms with Gasteiger partial charge < -0.3 is 9.47 Å². The first-order chi connectivity index (χ1) is 15.2. The Labute approximate surface area is 189 Å². The van der Waals surface area contributed by atoms with Crippen molar-refractivity contribution < 1.29 is 27.5 Å². The number of methoxy groups -OCH3 is 1. The molecule has 0 fully saturated rings. The molecule has 7 nitrogen and oxygen atoms in total. The van der Waals surface area contributed by atoms with Crippen LogP contribution in [0.15, 0.2) is 71.6 Å². The average Bonchev–Trinajstić information content (AvgIpc) is 2.78. The summed E-state index contributed by atoms with van der Waals surface area (Å²) < 4.78 is 37.6. The monoisotopic (exact) mass is 459 g/mol. The van der Waals surface area contributed by atoms with E-state index < -0.39 is 33.9 Å². The standard InChI is InChI=1S/C24H29NO6S/c1-18-9-14-22(15-10-18)32(28,29)25-19(2)11-12-21(24(27)30-3)13-16-23(26)31-17-20-7-5-4-6-8-20/h4-12,14-15,19,21,25H,13,16-17H2,1-3H3/b12-11+/t19-,21+/m0/s1. The van der Waals surface area contributed by atoms with Crippen LogP contribution < -0.4 is 4.72 Å². The summed E-state index contributed by atoms with van der Waals surface area (Å²) in [6.45, 7) is 3.69. The maximum Gasteiger partial charge on any atom is 0.312 e. The van der Waals surface area contributed by atoms with Crippen molar-refractivity contribution >= 4 is 22.0 Å². The first kappa shape index (κ1) is 25.3. The van der Waals surface area contributed by atoms with Crippen LogP contribution in [0.4, 0.5) is 0 Å². The SMILES string of the molecule is COC(=O)[C@H](/C=C/[C@H](C)NS(=O)(=O)c1ccc(C)cc1)CCC(=O)OCc1ccccc1. The number of carbonyl (C=O) groups is 2. The Balaban J connectivity index is 1.91. The van der Waals surface area contributed by atoms with E-state index in [1.165, 1.54) is 19.2 Å². The van der Waals surface area contributed by atoms with Crippen LogP contribution >= 0.6 is 0 Å². The molecule has 32 heavy (non-hydrogen) atoms. The molecule has 0 aromatic heterocycles. The van der Waals surface area contributed by atoms with Crippen molar-refractivity contribution in [3.63, 3.8) is 0 Å². The molecule has 0 heterocycles. The quantitative estimate of drug-likeness (QED) is 0.408. The second-order valence-corrected chi connectivity index (χ2v) is 9.14. The Hall–Kier alpha value is -2.97. The van der Waals surface area contributed by atoms with Gasteiger partial charge in [-0.3, -0.25) is 9.59 Å². The number of ether oxygens (including phenoxy) is 2. The summed E-state index contributed by atoms with van der Waals surface area (Å²) >= 11 is 0. The smallest absolute Gasteiger partial charge is 0.312 e. The highest BCUT2D eigenvalue weighted by Crippen LogP contribution is 2.14. The van der Waals surface area contributed by atoms with E-state index in [0.29, 0.717) is 0 Å². The van der Waals surface area contributed by atoms with Crippen LogP contribution in [-0.4, -0.2) is 33.5 Å². The zero-order valence-electron chi connectivity index (χ0n) is 18.5. The molecule has 0 aliphatic carbocycles. The number of nitrogens with one attached hydrogen (secondary N) is 1. The summed E-state index contributed by atoms with van der Waals surface area (Å²) in [6.07, 6.45) is 3.34. The molecule has 0 bridgehead atoms. The predicted octanol–water partition coefficient (Wildman–Crippen LogP) is 3.53. The van der Waals surface area contributed by atoms with Crippen LogP contribution in [0.5, 0.6) is 0 Å².